The lowest BCUT2D eigenvalue weighted by Gasteiger charge is -2.15. The van der Waals surface area contributed by atoms with Gasteiger partial charge in [0.2, 0.25) is 0 Å². The van der Waals surface area contributed by atoms with Crippen molar-refractivity contribution in [3.63, 3.8) is 0 Å². The van der Waals surface area contributed by atoms with E-state index in [9.17, 15) is 14.4 Å². The predicted molar refractivity (Wildman–Crippen MR) is 61.3 cm³/mol. The number of carboxylic acids is 2. The van der Waals surface area contributed by atoms with Crippen molar-refractivity contribution in [3.8, 4) is 0 Å². The van der Waals surface area contributed by atoms with Crippen molar-refractivity contribution in [2.24, 2.45) is 5.92 Å². The average molecular weight is 262 g/mol. The molecule has 8 heteroatoms. The maximum absolute atomic E-state index is 11.3. The van der Waals surface area contributed by atoms with Crippen molar-refractivity contribution >= 4 is 18.0 Å². The van der Waals surface area contributed by atoms with E-state index in [0.717, 1.165) is 0 Å². The molecule has 0 rings (SSSR count). The van der Waals surface area contributed by atoms with Gasteiger partial charge in [-0.3, -0.25) is 4.79 Å². The number of methoxy groups -OCH3 is 1. The quantitative estimate of drug-likeness (QED) is 0.467. The zero-order chi connectivity index (χ0) is 14.1. The minimum atomic E-state index is -1.44. The Balaban J connectivity index is 4.10. The fourth-order valence-corrected chi connectivity index (χ4v) is 1.19. The van der Waals surface area contributed by atoms with Gasteiger partial charge in [-0.05, 0) is 5.92 Å². The summed E-state index contributed by atoms with van der Waals surface area (Å²) in [4.78, 5) is 32.4. The van der Waals surface area contributed by atoms with Gasteiger partial charge in [-0.1, -0.05) is 6.92 Å². The van der Waals surface area contributed by atoms with E-state index < -0.39 is 30.4 Å². The molecule has 0 fully saturated rings. The highest BCUT2D eigenvalue weighted by Gasteiger charge is 2.22. The van der Waals surface area contributed by atoms with Crippen LogP contribution in [0.4, 0.5) is 4.79 Å². The highest BCUT2D eigenvalue weighted by molar-refractivity contribution is 5.86. The number of amides is 2. The monoisotopic (exact) mass is 262 g/mol. The number of carbonyl (C=O) groups is 3. The van der Waals surface area contributed by atoms with E-state index in [1.165, 1.54) is 7.11 Å². The van der Waals surface area contributed by atoms with Gasteiger partial charge < -0.3 is 25.6 Å². The number of rotatable bonds is 8. The molecule has 0 spiro atoms. The summed E-state index contributed by atoms with van der Waals surface area (Å²) in [5.74, 6) is -2.61. The summed E-state index contributed by atoms with van der Waals surface area (Å²) in [6.45, 7) is 2.60. The number of carboxylic acid groups (broad SMARTS) is 2. The molecule has 0 saturated carbocycles. The number of hydrogen-bond donors (Lipinski definition) is 4. The molecule has 0 aliphatic rings. The largest absolute Gasteiger partial charge is 0.481 e. The molecule has 0 aromatic heterocycles. The lowest BCUT2D eigenvalue weighted by molar-refractivity contribution is -0.145. The number of nitrogens with one attached hydrogen (secondary N) is 2. The molecule has 0 aromatic carbocycles. The van der Waals surface area contributed by atoms with Gasteiger partial charge in [0.15, 0.2) is 0 Å². The number of carbonyl (C=O) groups excluding carboxylic acids is 1. The molecule has 18 heavy (non-hydrogen) atoms. The third-order valence-electron chi connectivity index (χ3n) is 2.04. The zero-order valence-corrected chi connectivity index (χ0v) is 10.3. The topological polar surface area (TPSA) is 125 Å². The van der Waals surface area contributed by atoms with E-state index in [1.54, 1.807) is 0 Å². The Bertz CT molecular complexity index is 307. The van der Waals surface area contributed by atoms with E-state index >= 15 is 0 Å². The summed E-state index contributed by atoms with van der Waals surface area (Å²) in [6, 6.07) is -2.16. The summed E-state index contributed by atoms with van der Waals surface area (Å²) in [5, 5.41) is 21.7. The van der Waals surface area contributed by atoms with Gasteiger partial charge in [-0.25, -0.2) is 9.59 Å². The molecular weight excluding hydrogens is 244 g/mol. The third kappa shape index (κ3) is 7.44. The van der Waals surface area contributed by atoms with Gasteiger partial charge in [0, 0.05) is 13.7 Å². The van der Waals surface area contributed by atoms with Gasteiger partial charge in [0.1, 0.15) is 6.04 Å². The Morgan fingerprint density at radius 1 is 1.28 bits per heavy atom. The molecule has 104 valence electrons. The normalized spacial score (nSPS) is 13.4. The van der Waals surface area contributed by atoms with Crippen LogP contribution in [0.15, 0.2) is 0 Å². The van der Waals surface area contributed by atoms with Crippen LogP contribution in [0.25, 0.3) is 0 Å². The second-order valence-corrected chi connectivity index (χ2v) is 3.90. The van der Waals surface area contributed by atoms with Crippen molar-refractivity contribution < 1.29 is 29.3 Å². The van der Waals surface area contributed by atoms with Crippen LogP contribution < -0.4 is 10.6 Å². The van der Waals surface area contributed by atoms with Crippen molar-refractivity contribution in [2.45, 2.75) is 19.4 Å². The van der Waals surface area contributed by atoms with E-state index in [1.807, 2.05) is 6.92 Å². The van der Waals surface area contributed by atoms with E-state index in [4.69, 9.17) is 14.9 Å². The van der Waals surface area contributed by atoms with Crippen molar-refractivity contribution in [2.75, 3.05) is 20.3 Å². The molecule has 0 aliphatic heterocycles. The first-order valence-corrected chi connectivity index (χ1v) is 5.34. The van der Waals surface area contributed by atoms with Crippen molar-refractivity contribution in [3.05, 3.63) is 0 Å². The van der Waals surface area contributed by atoms with Crippen LogP contribution >= 0.6 is 0 Å². The first-order chi connectivity index (χ1) is 8.36. The Hall–Kier alpha value is -1.83. The molecule has 8 nitrogen and oxygen atoms in total. The molecule has 0 saturated heterocycles. The first kappa shape index (κ1) is 16.2. The average Bonchev–Trinajstić information content (AvgIpc) is 2.25. The summed E-state index contributed by atoms with van der Waals surface area (Å²) in [7, 11) is 1.53. The van der Waals surface area contributed by atoms with Crippen molar-refractivity contribution in [1.29, 1.82) is 0 Å². The van der Waals surface area contributed by atoms with Crippen LogP contribution in [0, 0.1) is 5.92 Å². The maximum Gasteiger partial charge on any atom is 0.326 e. The molecule has 2 amide bonds. The Morgan fingerprint density at radius 2 is 1.89 bits per heavy atom. The van der Waals surface area contributed by atoms with Crippen LogP contribution in [0.1, 0.15) is 13.3 Å². The summed E-state index contributed by atoms with van der Waals surface area (Å²) in [5.41, 5.74) is 0. The molecule has 0 heterocycles. The molecule has 2 unspecified atom stereocenters. The number of aliphatic carboxylic acids is 2. The van der Waals surface area contributed by atoms with Crippen molar-refractivity contribution in [1.82, 2.24) is 10.6 Å². The van der Waals surface area contributed by atoms with E-state index in [0.29, 0.717) is 13.2 Å². The van der Waals surface area contributed by atoms with Crippen LogP contribution in [0.2, 0.25) is 0 Å². The molecule has 0 bridgehead atoms. The second kappa shape index (κ2) is 8.29. The SMILES string of the molecule is COCC(C)CNC(=O)NC(CC(=O)O)C(=O)O. The predicted octanol–water partition coefficient (Wildman–Crippen LogP) is -0.504. The number of ether oxygens (including phenoxy) is 1. The smallest absolute Gasteiger partial charge is 0.326 e. The Labute approximate surface area is 104 Å². The molecule has 2 atom stereocenters. The zero-order valence-electron chi connectivity index (χ0n) is 10.3. The van der Waals surface area contributed by atoms with Gasteiger partial charge in [0.25, 0.3) is 0 Å². The van der Waals surface area contributed by atoms with E-state index in [2.05, 4.69) is 10.6 Å². The number of urea groups is 1. The van der Waals surface area contributed by atoms with Crippen LogP contribution in [-0.4, -0.2) is 54.5 Å². The maximum atomic E-state index is 11.3. The highest BCUT2D eigenvalue weighted by atomic mass is 16.5. The van der Waals surface area contributed by atoms with Crippen LogP contribution in [0.5, 0.6) is 0 Å². The summed E-state index contributed by atoms with van der Waals surface area (Å²) in [6.07, 6.45) is -0.670. The van der Waals surface area contributed by atoms with E-state index in [-0.39, 0.29) is 5.92 Å². The van der Waals surface area contributed by atoms with Gasteiger partial charge in [0.05, 0.1) is 13.0 Å². The fraction of sp³-hybridized carbons (Fsp3) is 0.700. The molecule has 0 aliphatic carbocycles. The summed E-state index contributed by atoms with van der Waals surface area (Å²) < 4.78 is 4.86. The first-order valence-electron chi connectivity index (χ1n) is 5.34. The lowest BCUT2D eigenvalue weighted by Crippen LogP contribution is -2.48. The number of hydrogen-bond acceptors (Lipinski definition) is 4. The van der Waals surface area contributed by atoms with Gasteiger partial charge in [-0.15, -0.1) is 0 Å². The lowest BCUT2D eigenvalue weighted by atomic mass is 10.2. The summed E-state index contributed by atoms with van der Waals surface area (Å²) >= 11 is 0. The second-order valence-electron chi connectivity index (χ2n) is 3.90. The van der Waals surface area contributed by atoms with Gasteiger partial charge >= 0.3 is 18.0 Å². The molecule has 0 aromatic rings. The van der Waals surface area contributed by atoms with Gasteiger partial charge in [-0.2, -0.15) is 0 Å². The van der Waals surface area contributed by atoms with Crippen LogP contribution in [0.3, 0.4) is 0 Å². The molecule has 0 radical (unpaired) electrons. The standard InChI is InChI=1S/C10H18N2O6/c1-6(5-18-2)4-11-10(17)12-7(9(15)16)3-8(13)14/h6-7H,3-5H2,1-2H3,(H,13,14)(H,15,16)(H2,11,12,17). The molecule has 4 N–H and O–H groups in total. The fourth-order valence-electron chi connectivity index (χ4n) is 1.19. The Kier molecular flexibility index (Phi) is 7.45. The van der Waals surface area contributed by atoms with Crippen LogP contribution in [-0.2, 0) is 14.3 Å². The highest BCUT2D eigenvalue weighted by Crippen LogP contribution is 1.94. The Morgan fingerprint density at radius 3 is 2.33 bits per heavy atom. The molecular formula is C10H18N2O6. The third-order valence-corrected chi connectivity index (χ3v) is 2.04. The minimum Gasteiger partial charge on any atom is -0.481 e. The minimum absolute atomic E-state index is 0.0727.